The van der Waals surface area contributed by atoms with Gasteiger partial charge in [0.05, 0.1) is 0 Å². The second kappa shape index (κ2) is 6.27. The molecule has 1 N–H and O–H groups in total. The van der Waals surface area contributed by atoms with E-state index >= 15 is 0 Å². The highest BCUT2D eigenvalue weighted by Gasteiger charge is 2.10. The number of H-pyrrole nitrogens is 1. The van der Waals surface area contributed by atoms with Crippen molar-refractivity contribution in [3.05, 3.63) is 10.5 Å². The van der Waals surface area contributed by atoms with Crippen LogP contribution < -0.4 is 5.69 Å². The van der Waals surface area contributed by atoms with Crippen LogP contribution in [0.5, 0.6) is 0 Å². The first-order valence-corrected chi connectivity index (χ1v) is 6.65. The third kappa shape index (κ3) is 3.61. The summed E-state index contributed by atoms with van der Waals surface area (Å²) in [4.78, 5) is 11.1. The van der Waals surface area contributed by atoms with E-state index in [4.69, 9.17) is 0 Å². The summed E-state index contributed by atoms with van der Waals surface area (Å²) in [5.74, 6) is 2.45. The minimum absolute atomic E-state index is 0.157. The van der Waals surface area contributed by atoms with Crippen LogP contribution in [0.15, 0.2) is 9.95 Å². The van der Waals surface area contributed by atoms with Crippen LogP contribution in [-0.4, -0.2) is 26.3 Å². The zero-order valence-electron chi connectivity index (χ0n) is 9.06. The summed E-state index contributed by atoms with van der Waals surface area (Å²) in [6.45, 7) is 2.17. The normalized spacial score (nSPS) is 13.0. The van der Waals surface area contributed by atoms with Crippen LogP contribution >= 0.6 is 24.4 Å². The van der Waals surface area contributed by atoms with Crippen LogP contribution in [0.1, 0.15) is 19.8 Å². The Kier molecular flexibility index (Phi) is 5.31. The average molecular weight is 247 g/mol. The van der Waals surface area contributed by atoms with E-state index in [0.29, 0.717) is 5.92 Å². The van der Waals surface area contributed by atoms with Gasteiger partial charge in [-0.05, 0) is 18.1 Å². The molecule has 0 fully saturated rings. The van der Waals surface area contributed by atoms with E-state index < -0.39 is 0 Å². The van der Waals surface area contributed by atoms with Crippen LogP contribution in [0.25, 0.3) is 0 Å². The molecule has 1 rings (SSSR count). The molecule has 0 bridgehead atoms. The van der Waals surface area contributed by atoms with Gasteiger partial charge >= 0.3 is 5.69 Å². The van der Waals surface area contributed by atoms with Crippen LogP contribution in [0, 0.1) is 5.92 Å². The maximum absolute atomic E-state index is 11.1. The number of rotatable bonds is 6. The first-order valence-electron chi connectivity index (χ1n) is 5.04. The minimum atomic E-state index is -0.157. The standard InChI is InChI=1S/C9H17N3OS2/c1-3-4-7(5-14)6-15-9-11-10-8(13)12(9)2/h7,14H,3-6H2,1-2H3,(H,10,13). The van der Waals surface area contributed by atoms with Crippen molar-refractivity contribution in [2.75, 3.05) is 11.5 Å². The monoisotopic (exact) mass is 247 g/mol. The molecule has 0 saturated carbocycles. The van der Waals surface area contributed by atoms with Gasteiger partial charge in [0.15, 0.2) is 5.16 Å². The second-order valence-corrected chi connectivity index (χ2v) is 4.87. The number of aromatic nitrogens is 3. The lowest BCUT2D eigenvalue weighted by molar-refractivity contribution is 0.594. The first-order chi connectivity index (χ1) is 7.19. The van der Waals surface area contributed by atoms with Gasteiger partial charge in [-0.2, -0.15) is 12.6 Å². The average Bonchev–Trinajstić information content (AvgIpc) is 2.55. The number of thiol groups is 1. The van der Waals surface area contributed by atoms with E-state index in [2.05, 4.69) is 29.7 Å². The number of hydrogen-bond acceptors (Lipinski definition) is 4. The van der Waals surface area contributed by atoms with Gasteiger partial charge in [-0.3, -0.25) is 4.57 Å². The third-order valence-corrected chi connectivity index (χ3v) is 4.02. The molecule has 6 heteroatoms. The first kappa shape index (κ1) is 12.7. The van der Waals surface area contributed by atoms with Crippen molar-refractivity contribution in [3.8, 4) is 0 Å². The molecule has 0 aromatic carbocycles. The predicted octanol–water partition coefficient (Wildman–Crippen LogP) is 1.55. The molecule has 0 spiro atoms. The largest absolute Gasteiger partial charge is 0.343 e. The lowest BCUT2D eigenvalue weighted by Crippen LogP contribution is -2.13. The quantitative estimate of drug-likeness (QED) is 0.592. The van der Waals surface area contributed by atoms with Crippen molar-refractivity contribution >= 4 is 24.4 Å². The minimum Gasteiger partial charge on any atom is -0.273 e. The topological polar surface area (TPSA) is 50.7 Å². The Bertz CT molecular complexity index is 347. The molecule has 0 radical (unpaired) electrons. The molecule has 4 nitrogen and oxygen atoms in total. The zero-order valence-corrected chi connectivity index (χ0v) is 10.8. The Balaban J connectivity index is 2.48. The summed E-state index contributed by atoms with van der Waals surface area (Å²) in [6, 6.07) is 0. The Hall–Kier alpha value is -0.360. The van der Waals surface area contributed by atoms with E-state index in [-0.39, 0.29) is 5.69 Å². The molecular formula is C9H17N3OS2. The van der Waals surface area contributed by atoms with Crippen molar-refractivity contribution in [2.24, 2.45) is 13.0 Å². The maximum atomic E-state index is 11.1. The SMILES string of the molecule is CCCC(CS)CSc1n[nH]c(=O)n1C. The summed E-state index contributed by atoms with van der Waals surface area (Å²) in [5, 5.41) is 7.13. The van der Waals surface area contributed by atoms with E-state index in [1.165, 1.54) is 17.4 Å². The smallest absolute Gasteiger partial charge is 0.273 e. The fourth-order valence-electron chi connectivity index (χ4n) is 1.29. The second-order valence-electron chi connectivity index (χ2n) is 3.52. The van der Waals surface area contributed by atoms with Gasteiger partial charge in [-0.15, -0.1) is 5.10 Å². The predicted molar refractivity (Wildman–Crippen MR) is 66.8 cm³/mol. The summed E-state index contributed by atoms with van der Waals surface area (Å²) in [6.07, 6.45) is 2.35. The number of nitrogens with one attached hydrogen (secondary N) is 1. The molecule has 15 heavy (non-hydrogen) atoms. The summed E-state index contributed by atoms with van der Waals surface area (Å²) >= 11 is 5.93. The van der Waals surface area contributed by atoms with E-state index in [1.807, 2.05) is 0 Å². The number of hydrogen-bond donors (Lipinski definition) is 2. The Labute approximate surface area is 99.3 Å². The highest BCUT2D eigenvalue weighted by atomic mass is 32.2. The molecule has 1 aromatic rings. The molecular weight excluding hydrogens is 230 g/mol. The highest BCUT2D eigenvalue weighted by molar-refractivity contribution is 7.99. The fourth-order valence-corrected chi connectivity index (χ4v) is 2.83. The molecule has 1 heterocycles. The van der Waals surface area contributed by atoms with Crippen LogP contribution in [0.4, 0.5) is 0 Å². The molecule has 1 unspecified atom stereocenters. The molecule has 0 aliphatic carbocycles. The van der Waals surface area contributed by atoms with Crippen molar-refractivity contribution in [1.82, 2.24) is 14.8 Å². The molecule has 0 aliphatic rings. The van der Waals surface area contributed by atoms with Gasteiger partial charge in [-0.25, -0.2) is 9.89 Å². The van der Waals surface area contributed by atoms with Gasteiger partial charge in [0.1, 0.15) is 0 Å². The third-order valence-electron chi connectivity index (χ3n) is 2.24. The van der Waals surface area contributed by atoms with Gasteiger partial charge in [0.2, 0.25) is 0 Å². The molecule has 0 aliphatic heterocycles. The molecule has 1 aromatic heterocycles. The number of nitrogens with zero attached hydrogens (tertiary/aromatic N) is 2. The Morgan fingerprint density at radius 3 is 2.87 bits per heavy atom. The lowest BCUT2D eigenvalue weighted by Gasteiger charge is -2.11. The molecule has 86 valence electrons. The summed E-state index contributed by atoms with van der Waals surface area (Å²) < 4.78 is 1.53. The zero-order chi connectivity index (χ0) is 11.3. The highest BCUT2D eigenvalue weighted by Crippen LogP contribution is 2.20. The van der Waals surface area contributed by atoms with Crippen molar-refractivity contribution in [2.45, 2.75) is 24.9 Å². The Morgan fingerprint density at radius 1 is 1.67 bits per heavy atom. The van der Waals surface area contributed by atoms with Gasteiger partial charge in [0.25, 0.3) is 0 Å². The van der Waals surface area contributed by atoms with Gasteiger partial charge in [0, 0.05) is 12.8 Å². The van der Waals surface area contributed by atoms with E-state index in [0.717, 1.165) is 16.7 Å². The van der Waals surface area contributed by atoms with Gasteiger partial charge in [-0.1, -0.05) is 25.1 Å². The lowest BCUT2D eigenvalue weighted by atomic mass is 10.1. The van der Waals surface area contributed by atoms with Crippen LogP contribution in [0.2, 0.25) is 0 Å². The summed E-state index contributed by atoms with van der Waals surface area (Å²) in [5.41, 5.74) is -0.157. The van der Waals surface area contributed by atoms with Crippen molar-refractivity contribution in [3.63, 3.8) is 0 Å². The number of aromatic amines is 1. The Morgan fingerprint density at radius 2 is 2.40 bits per heavy atom. The van der Waals surface area contributed by atoms with E-state index in [1.54, 1.807) is 18.8 Å². The molecule has 0 saturated heterocycles. The van der Waals surface area contributed by atoms with E-state index in [9.17, 15) is 4.79 Å². The van der Waals surface area contributed by atoms with Crippen LogP contribution in [0.3, 0.4) is 0 Å². The van der Waals surface area contributed by atoms with Crippen LogP contribution in [-0.2, 0) is 7.05 Å². The maximum Gasteiger partial charge on any atom is 0.343 e. The summed E-state index contributed by atoms with van der Waals surface area (Å²) in [7, 11) is 1.73. The fraction of sp³-hybridized carbons (Fsp3) is 0.778. The molecule has 1 atom stereocenters. The number of thioether (sulfide) groups is 1. The van der Waals surface area contributed by atoms with Crippen molar-refractivity contribution in [1.29, 1.82) is 0 Å². The van der Waals surface area contributed by atoms with Gasteiger partial charge < -0.3 is 0 Å². The van der Waals surface area contributed by atoms with Crippen molar-refractivity contribution < 1.29 is 0 Å². The molecule has 0 amide bonds.